The SMILES string of the molecule is C#CC(CC)NC(=O)N1CCCCC1CC(=O)O. The van der Waals surface area contributed by atoms with Crippen LogP contribution in [0.15, 0.2) is 0 Å². The summed E-state index contributed by atoms with van der Waals surface area (Å²) in [5, 5.41) is 11.6. The summed E-state index contributed by atoms with van der Waals surface area (Å²) in [6, 6.07) is -0.748. The number of amides is 2. The Kier molecular flexibility index (Phi) is 5.50. The summed E-state index contributed by atoms with van der Waals surface area (Å²) in [6.07, 6.45) is 8.59. The molecule has 1 aliphatic heterocycles. The van der Waals surface area contributed by atoms with Crippen molar-refractivity contribution in [3.63, 3.8) is 0 Å². The zero-order chi connectivity index (χ0) is 13.5. The van der Waals surface area contributed by atoms with Crippen LogP contribution in [0, 0.1) is 12.3 Å². The first-order valence-electron chi connectivity index (χ1n) is 6.33. The number of hydrogen-bond donors (Lipinski definition) is 2. The normalized spacial score (nSPS) is 20.9. The van der Waals surface area contributed by atoms with Gasteiger partial charge in [0.1, 0.15) is 0 Å². The second-order valence-electron chi connectivity index (χ2n) is 4.52. The minimum atomic E-state index is -0.872. The number of urea groups is 1. The van der Waals surface area contributed by atoms with E-state index in [4.69, 9.17) is 11.5 Å². The molecule has 18 heavy (non-hydrogen) atoms. The van der Waals surface area contributed by atoms with Gasteiger partial charge in [-0.15, -0.1) is 6.42 Å². The van der Waals surface area contributed by atoms with E-state index in [2.05, 4.69) is 11.2 Å². The molecular weight excluding hydrogens is 232 g/mol. The third-order valence-corrected chi connectivity index (χ3v) is 3.21. The highest BCUT2D eigenvalue weighted by atomic mass is 16.4. The number of carbonyl (C=O) groups is 2. The Morgan fingerprint density at radius 2 is 2.28 bits per heavy atom. The lowest BCUT2D eigenvalue weighted by molar-refractivity contribution is -0.138. The number of carboxylic acids is 1. The lowest BCUT2D eigenvalue weighted by Gasteiger charge is -2.35. The van der Waals surface area contributed by atoms with E-state index >= 15 is 0 Å². The van der Waals surface area contributed by atoms with Crippen LogP contribution in [0.4, 0.5) is 4.79 Å². The van der Waals surface area contributed by atoms with E-state index in [9.17, 15) is 9.59 Å². The van der Waals surface area contributed by atoms with Crippen LogP contribution in [0.3, 0.4) is 0 Å². The molecule has 5 nitrogen and oxygen atoms in total. The van der Waals surface area contributed by atoms with Crippen LogP contribution < -0.4 is 5.32 Å². The van der Waals surface area contributed by atoms with Crippen molar-refractivity contribution in [3.8, 4) is 12.3 Å². The summed E-state index contributed by atoms with van der Waals surface area (Å²) in [4.78, 5) is 24.4. The number of carboxylic acid groups (broad SMARTS) is 1. The van der Waals surface area contributed by atoms with Gasteiger partial charge in [-0.3, -0.25) is 4.79 Å². The standard InChI is InChI=1S/C13H20N2O3/c1-3-10(4-2)14-13(18)15-8-6-5-7-11(15)9-12(16)17/h1,10-11H,4-9H2,2H3,(H,14,18)(H,16,17). The van der Waals surface area contributed by atoms with Gasteiger partial charge in [0.15, 0.2) is 0 Å². The van der Waals surface area contributed by atoms with Crippen LogP contribution in [0.5, 0.6) is 0 Å². The molecule has 0 aromatic rings. The average molecular weight is 252 g/mol. The monoisotopic (exact) mass is 252 g/mol. The lowest BCUT2D eigenvalue weighted by atomic mass is 10.00. The first-order valence-corrected chi connectivity index (χ1v) is 6.33. The fourth-order valence-corrected chi connectivity index (χ4v) is 2.18. The van der Waals surface area contributed by atoms with Crippen LogP contribution in [-0.4, -0.2) is 40.6 Å². The van der Waals surface area contributed by atoms with Crippen LogP contribution in [0.1, 0.15) is 39.0 Å². The van der Waals surface area contributed by atoms with Gasteiger partial charge in [0.2, 0.25) is 0 Å². The molecule has 5 heteroatoms. The number of nitrogens with zero attached hydrogens (tertiary/aromatic N) is 1. The summed E-state index contributed by atoms with van der Waals surface area (Å²) < 4.78 is 0. The van der Waals surface area contributed by atoms with Crippen molar-refractivity contribution in [1.82, 2.24) is 10.2 Å². The fourth-order valence-electron chi connectivity index (χ4n) is 2.18. The van der Waals surface area contributed by atoms with Crippen molar-refractivity contribution in [3.05, 3.63) is 0 Å². The predicted octanol–water partition coefficient (Wildman–Crippen LogP) is 1.44. The Balaban J connectivity index is 2.62. The third-order valence-electron chi connectivity index (χ3n) is 3.21. The van der Waals surface area contributed by atoms with Crippen molar-refractivity contribution >= 4 is 12.0 Å². The summed E-state index contributed by atoms with van der Waals surface area (Å²) >= 11 is 0. The van der Waals surface area contributed by atoms with Gasteiger partial charge >= 0.3 is 12.0 Å². The zero-order valence-electron chi connectivity index (χ0n) is 10.7. The number of hydrogen-bond acceptors (Lipinski definition) is 2. The van der Waals surface area contributed by atoms with Crippen LogP contribution >= 0.6 is 0 Å². The number of terminal acetylenes is 1. The summed E-state index contributed by atoms with van der Waals surface area (Å²) in [6.45, 7) is 2.50. The van der Waals surface area contributed by atoms with Gasteiger partial charge in [0, 0.05) is 12.6 Å². The molecule has 0 radical (unpaired) electrons. The lowest BCUT2D eigenvalue weighted by Crippen LogP contribution is -2.51. The van der Waals surface area contributed by atoms with Gasteiger partial charge in [-0.1, -0.05) is 12.8 Å². The molecule has 0 bridgehead atoms. The number of carbonyl (C=O) groups excluding carboxylic acids is 1. The molecule has 1 heterocycles. The van der Waals surface area contributed by atoms with Gasteiger partial charge in [0.25, 0.3) is 0 Å². The Morgan fingerprint density at radius 1 is 1.56 bits per heavy atom. The molecule has 100 valence electrons. The topological polar surface area (TPSA) is 69.6 Å². The van der Waals surface area contributed by atoms with Crippen molar-refractivity contribution in [2.75, 3.05) is 6.54 Å². The molecule has 1 aliphatic rings. The number of aliphatic carboxylic acids is 1. The highest BCUT2D eigenvalue weighted by molar-refractivity contribution is 5.76. The van der Waals surface area contributed by atoms with Crippen molar-refractivity contribution in [2.45, 2.75) is 51.1 Å². The fraction of sp³-hybridized carbons (Fsp3) is 0.692. The maximum atomic E-state index is 12.0. The van der Waals surface area contributed by atoms with Gasteiger partial charge in [0.05, 0.1) is 12.5 Å². The molecule has 0 aromatic carbocycles. The molecule has 2 unspecified atom stereocenters. The molecule has 1 rings (SSSR count). The maximum absolute atomic E-state index is 12.0. The number of nitrogens with one attached hydrogen (secondary N) is 1. The van der Waals surface area contributed by atoms with E-state index in [1.54, 1.807) is 4.90 Å². The quantitative estimate of drug-likeness (QED) is 0.744. The van der Waals surface area contributed by atoms with E-state index in [0.29, 0.717) is 13.0 Å². The Bertz CT molecular complexity index is 349. The molecule has 0 spiro atoms. The van der Waals surface area contributed by atoms with Gasteiger partial charge < -0.3 is 15.3 Å². The minimum absolute atomic E-state index is 0.000263. The van der Waals surface area contributed by atoms with Gasteiger partial charge in [-0.05, 0) is 25.7 Å². The summed E-state index contributed by atoms with van der Waals surface area (Å²) in [7, 11) is 0. The Hall–Kier alpha value is -1.70. The molecule has 1 fully saturated rings. The Morgan fingerprint density at radius 3 is 2.83 bits per heavy atom. The van der Waals surface area contributed by atoms with Gasteiger partial charge in [-0.25, -0.2) is 4.79 Å². The summed E-state index contributed by atoms with van der Waals surface area (Å²) in [5.74, 6) is 1.63. The molecule has 1 saturated heterocycles. The maximum Gasteiger partial charge on any atom is 0.318 e. The van der Waals surface area contributed by atoms with E-state index in [1.807, 2.05) is 6.92 Å². The highest BCUT2D eigenvalue weighted by Gasteiger charge is 2.28. The average Bonchev–Trinajstić information content (AvgIpc) is 2.35. The second-order valence-corrected chi connectivity index (χ2v) is 4.52. The smallest absolute Gasteiger partial charge is 0.318 e. The largest absolute Gasteiger partial charge is 0.481 e. The van der Waals surface area contributed by atoms with E-state index < -0.39 is 5.97 Å². The first-order chi connectivity index (χ1) is 8.58. The molecule has 2 amide bonds. The van der Waals surface area contributed by atoms with E-state index in [-0.39, 0.29) is 24.5 Å². The Labute approximate surface area is 108 Å². The molecule has 2 atom stereocenters. The third kappa shape index (κ3) is 3.95. The molecule has 2 N–H and O–H groups in total. The van der Waals surface area contributed by atoms with Crippen LogP contribution in [0.25, 0.3) is 0 Å². The van der Waals surface area contributed by atoms with Crippen molar-refractivity contribution < 1.29 is 14.7 Å². The van der Waals surface area contributed by atoms with Crippen molar-refractivity contribution in [1.29, 1.82) is 0 Å². The molecular formula is C13H20N2O3. The second kappa shape index (κ2) is 6.90. The summed E-state index contributed by atoms with van der Waals surface area (Å²) in [5.41, 5.74) is 0. The van der Waals surface area contributed by atoms with Gasteiger partial charge in [-0.2, -0.15) is 0 Å². The van der Waals surface area contributed by atoms with Crippen molar-refractivity contribution in [2.24, 2.45) is 0 Å². The predicted molar refractivity (Wildman–Crippen MR) is 68.0 cm³/mol. The molecule has 0 saturated carbocycles. The number of piperidine rings is 1. The highest BCUT2D eigenvalue weighted by Crippen LogP contribution is 2.19. The van der Waals surface area contributed by atoms with Crippen LogP contribution in [0.2, 0.25) is 0 Å². The zero-order valence-corrected chi connectivity index (χ0v) is 10.7. The number of likely N-dealkylation sites (tertiary alicyclic amines) is 1. The van der Waals surface area contributed by atoms with Crippen LogP contribution in [-0.2, 0) is 4.79 Å². The minimum Gasteiger partial charge on any atom is -0.481 e. The first kappa shape index (κ1) is 14.4. The van der Waals surface area contributed by atoms with E-state index in [0.717, 1.165) is 19.3 Å². The van der Waals surface area contributed by atoms with E-state index in [1.165, 1.54) is 0 Å². The number of rotatable bonds is 4. The molecule has 0 aliphatic carbocycles. The molecule has 0 aromatic heterocycles.